The number of nitrogens with zero attached hydrogens (tertiary/aromatic N) is 1. The van der Waals surface area contributed by atoms with E-state index in [0.29, 0.717) is 6.04 Å². The Bertz CT molecular complexity index is 856. The number of fused-ring (bicyclic) bond motifs is 1. The SMILES string of the molecule is CSc1ccc2[nH]cc(C[C@H]3CCCN3Cc3ccc(Cl)cc3)c2c1. The maximum absolute atomic E-state index is 6.01. The van der Waals surface area contributed by atoms with Crippen molar-refractivity contribution in [3.63, 3.8) is 0 Å². The predicted molar refractivity (Wildman–Crippen MR) is 109 cm³/mol. The van der Waals surface area contributed by atoms with Gasteiger partial charge in [0.2, 0.25) is 0 Å². The molecule has 4 heteroatoms. The van der Waals surface area contributed by atoms with E-state index in [1.165, 1.54) is 46.3 Å². The molecule has 1 aliphatic rings. The second-order valence-corrected chi connectivity index (χ2v) is 8.14. The lowest BCUT2D eigenvalue weighted by Gasteiger charge is -2.24. The Morgan fingerprint density at radius 1 is 1.20 bits per heavy atom. The fourth-order valence-corrected chi connectivity index (χ4v) is 4.43. The molecule has 4 rings (SSSR count). The van der Waals surface area contributed by atoms with Gasteiger partial charge in [-0.1, -0.05) is 23.7 Å². The van der Waals surface area contributed by atoms with E-state index in [4.69, 9.17) is 11.6 Å². The van der Waals surface area contributed by atoms with E-state index in [1.807, 2.05) is 12.1 Å². The minimum absolute atomic E-state index is 0.618. The second kappa shape index (κ2) is 7.45. The molecule has 2 aromatic carbocycles. The Morgan fingerprint density at radius 3 is 2.84 bits per heavy atom. The Hall–Kier alpha value is -1.42. The lowest BCUT2D eigenvalue weighted by molar-refractivity contribution is 0.244. The van der Waals surface area contributed by atoms with Crippen LogP contribution in [0, 0.1) is 0 Å². The Labute approximate surface area is 158 Å². The quantitative estimate of drug-likeness (QED) is 0.576. The maximum Gasteiger partial charge on any atom is 0.0457 e. The molecule has 1 atom stereocenters. The van der Waals surface area contributed by atoms with E-state index < -0.39 is 0 Å². The number of hydrogen-bond donors (Lipinski definition) is 1. The first-order valence-electron chi connectivity index (χ1n) is 8.85. The van der Waals surface area contributed by atoms with Crippen molar-refractivity contribution in [3.05, 3.63) is 64.8 Å². The van der Waals surface area contributed by atoms with E-state index in [1.54, 1.807) is 11.8 Å². The first-order valence-corrected chi connectivity index (χ1v) is 10.5. The molecule has 0 unspecified atom stereocenters. The molecular weight excluding hydrogens is 348 g/mol. The van der Waals surface area contributed by atoms with Crippen LogP contribution in [0.3, 0.4) is 0 Å². The molecule has 1 saturated heterocycles. The average Bonchev–Trinajstić information content (AvgIpc) is 3.24. The van der Waals surface area contributed by atoms with Gasteiger partial charge in [0.1, 0.15) is 0 Å². The van der Waals surface area contributed by atoms with E-state index in [-0.39, 0.29) is 0 Å². The number of hydrogen-bond acceptors (Lipinski definition) is 2. The number of rotatable bonds is 5. The van der Waals surface area contributed by atoms with E-state index >= 15 is 0 Å². The second-order valence-electron chi connectivity index (χ2n) is 6.82. The smallest absolute Gasteiger partial charge is 0.0457 e. The Morgan fingerprint density at radius 2 is 2.04 bits per heavy atom. The Balaban J connectivity index is 1.52. The number of likely N-dealkylation sites (tertiary alicyclic amines) is 1. The van der Waals surface area contributed by atoms with Crippen LogP contribution in [0.4, 0.5) is 0 Å². The van der Waals surface area contributed by atoms with Crippen LogP contribution in [0.1, 0.15) is 24.0 Å². The molecule has 1 aliphatic heterocycles. The topological polar surface area (TPSA) is 19.0 Å². The first-order chi connectivity index (χ1) is 12.2. The van der Waals surface area contributed by atoms with Crippen LogP contribution in [-0.4, -0.2) is 28.7 Å². The van der Waals surface area contributed by atoms with Crippen molar-refractivity contribution in [2.24, 2.45) is 0 Å². The third-order valence-electron chi connectivity index (χ3n) is 5.23. The summed E-state index contributed by atoms with van der Waals surface area (Å²) in [5, 5.41) is 2.19. The molecule has 3 aromatic rings. The zero-order valence-electron chi connectivity index (χ0n) is 14.5. The van der Waals surface area contributed by atoms with Crippen LogP contribution >= 0.6 is 23.4 Å². The molecule has 130 valence electrons. The third-order valence-corrected chi connectivity index (χ3v) is 6.21. The number of H-pyrrole nitrogens is 1. The summed E-state index contributed by atoms with van der Waals surface area (Å²) < 4.78 is 0. The highest BCUT2D eigenvalue weighted by molar-refractivity contribution is 7.98. The van der Waals surface area contributed by atoms with Crippen molar-refractivity contribution in [1.82, 2.24) is 9.88 Å². The summed E-state index contributed by atoms with van der Waals surface area (Å²) in [4.78, 5) is 7.40. The van der Waals surface area contributed by atoms with E-state index in [2.05, 4.69) is 52.7 Å². The van der Waals surface area contributed by atoms with Crippen molar-refractivity contribution >= 4 is 34.3 Å². The van der Waals surface area contributed by atoms with E-state index in [0.717, 1.165) is 18.0 Å². The predicted octanol–water partition coefficient (Wildman–Crippen LogP) is 5.75. The van der Waals surface area contributed by atoms with Gasteiger partial charge in [0.05, 0.1) is 0 Å². The van der Waals surface area contributed by atoms with Crippen molar-refractivity contribution < 1.29 is 0 Å². The highest BCUT2D eigenvalue weighted by Crippen LogP contribution is 2.29. The van der Waals surface area contributed by atoms with Gasteiger partial charge < -0.3 is 4.98 Å². The van der Waals surface area contributed by atoms with Gasteiger partial charge in [-0.2, -0.15) is 0 Å². The normalized spacial score (nSPS) is 18.2. The lowest BCUT2D eigenvalue weighted by atomic mass is 10.0. The Kier molecular flexibility index (Phi) is 5.07. The molecule has 0 spiro atoms. The zero-order valence-corrected chi connectivity index (χ0v) is 16.0. The number of thioether (sulfide) groups is 1. The van der Waals surface area contributed by atoms with Gasteiger partial charge in [-0.3, -0.25) is 4.90 Å². The molecule has 0 saturated carbocycles. The van der Waals surface area contributed by atoms with Gasteiger partial charge in [0.15, 0.2) is 0 Å². The van der Waals surface area contributed by atoms with Crippen molar-refractivity contribution in [2.45, 2.75) is 36.7 Å². The molecule has 0 radical (unpaired) electrons. The molecule has 0 aliphatic carbocycles. The lowest BCUT2D eigenvalue weighted by Crippen LogP contribution is -2.30. The summed E-state index contributed by atoms with van der Waals surface area (Å²) >= 11 is 7.82. The number of aromatic amines is 1. The molecule has 1 N–H and O–H groups in total. The number of halogens is 1. The fraction of sp³-hybridized carbons (Fsp3) is 0.333. The zero-order chi connectivity index (χ0) is 17.2. The van der Waals surface area contributed by atoms with Crippen LogP contribution in [-0.2, 0) is 13.0 Å². The summed E-state index contributed by atoms with van der Waals surface area (Å²) in [5.74, 6) is 0. The van der Waals surface area contributed by atoms with Gasteiger partial charge in [-0.05, 0) is 73.5 Å². The summed E-state index contributed by atoms with van der Waals surface area (Å²) in [5.41, 5.74) is 4.04. The molecule has 2 heterocycles. The number of aromatic nitrogens is 1. The fourth-order valence-electron chi connectivity index (χ4n) is 3.87. The van der Waals surface area contributed by atoms with E-state index in [9.17, 15) is 0 Å². The molecule has 0 bridgehead atoms. The standard InChI is InChI=1S/C21H23ClN2S/c1-25-19-8-9-21-20(12-19)16(13-23-21)11-18-3-2-10-24(18)14-15-4-6-17(22)7-5-15/h4-9,12-13,18,23H,2-3,10-11,14H2,1H3/t18-/m1/s1. The van der Waals surface area contributed by atoms with Crippen molar-refractivity contribution in [3.8, 4) is 0 Å². The van der Waals surface area contributed by atoms with Gasteiger partial charge in [0, 0.05) is 39.6 Å². The monoisotopic (exact) mass is 370 g/mol. The first kappa shape index (κ1) is 17.0. The van der Waals surface area contributed by atoms with Gasteiger partial charge in [-0.25, -0.2) is 0 Å². The molecule has 25 heavy (non-hydrogen) atoms. The number of nitrogens with one attached hydrogen (secondary N) is 1. The summed E-state index contributed by atoms with van der Waals surface area (Å²) in [6.45, 7) is 2.20. The van der Waals surface area contributed by atoms with Gasteiger partial charge >= 0.3 is 0 Å². The average molecular weight is 371 g/mol. The highest BCUT2D eigenvalue weighted by atomic mass is 35.5. The molecule has 2 nitrogen and oxygen atoms in total. The highest BCUT2D eigenvalue weighted by Gasteiger charge is 2.25. The van der Waals surface area contributed by atoms with Crippen LogP contribution in [0.15, 0.2) is 53.6 Å². The van der Waals surface area contributed by atoms with Gasteiger partial charge in [0.25, 0.3) is 0 Å². The molecule has 1 fully saturated rings. The summed E-state index contributed by atoms with van der Waals surface area (Å²) in [6, 6.07) is 15.6. The largest absolute Gasteiger partial charge is 0.361 e. The molecule has 1 aromatic heterocycles. The maximum atomic E-state index is 6.01. The number of benzene rings is 2. The third kappa shape index (κ3) is 3.74. The van der Waals surface area contributed by atoms with Crippen LogP contribution in [0.25, 0.3) is 10.9 Å². The van der Waals surface area contributed by atoms with Crippen molar-refractivity contribution in [1.29, 1.82) is 0 Å². The van der Waals surface area contributed by atoms with Crippen LogP contribution in [0.5, 0.6) is 0 Å². The van der Waals surface area contributed by atoms with Crippen LogP contribution in [0.2, 0.25) is 5.02 Å². The van der Waals surface area contributed by atoms with Crippen molar-refractivity contribution in [2.75, 3.05) is 12.8 Å². The molecule has 0 amide bonds. The van der Waals surface area contributed by atoms with Gasteiger partial charge in [-0.15, -0.1) is 11.8 Å². The summed E-state index contributed by atoms with van der Waals surface area (Å²) in [6.07, 6.45) is 8.02. The molecular formula is C21H23ClN2S. The van der Waals surface area contributed by atoms with Crippen LogP contribution < -0.4 is 0 Å². The summed E-state index contributed by atoms with van der Waals surface area (Å²) in [7, 11) is 0. The minimum atomic E-state index is 0.618. The minimum Gasteiger partial charge on any atom is -0.361 e.